The maximum absolute atomic E-state index is 10.5. The van der Waals surface area contributed by atoms with Crippen LogP contribution in [0.1, 0.15) is 38.4 Å². The Balaban J connectivity index is 3.04. The van der Waals surface area contributed by atoms with Crippen LogP contribution in [0.5, 0.6) is 5.75 Å². The van der Waals surface area contributed by atoms with Gasteiger partial charge in [0.15, 0.2) is 0 Å². The second-order valence-electron chi connectivity index (χ2n) is 4.16. The molecule has 1 aromatic carbocycles. The number of methoxy groups -OCH3 is 2. The van der Waals surface area contributed by atoms with Crippen molar-refractivity contribution >= 4 is 0 Å². The number of aliphatic hydroxyl groups excluding tert-OH is 1. The molecule has 0 aliphatic heterocycles. The summed E-state index contributed by atoms with van der Waals surface area (Å²) in [6, 6.07) is 7.49. The molecule has 0 aromatic heterocycles. The molecule has 1 N–H and O–H groups in total. The molecule has 0 fully saturated rings. The molecule has 3 nitrogen and oxygen atoms in total. The molecule has 0 aliphatic rings. The lowest BCUT2D eigenvalue weighted by Crippen LogP contribution is -2.37. The van der Waals surface area contributed by atoms with Gasteiger partial charge in [0, 0.05) is 7.11 Å². The maximum atomic E-state index is 10.5. The van der Waals surface area contributed by atoms with Crippen molar-refractivity contribution < 1.29 is 14.6 Å². The van der Waals surface area contributed by atoms with E-state index in [9.17, 15) is 5.11 Å². The first kappa shape index (κ1) is 14.0. The lowest BCUT2D eigenvalue weighted by Gasteiger charge is -2.35. The monoisotopic (exact) mass is 238 g/mol. The van der Waals surface area contributed by atoms with Crippen molar-refractivity contribution in [2.24, 2.45) is 0 Å². The number of hydrogen-bond donors (Lipinski definition) is 1. The van der Waals surface area contributed by atoms with E-state index in [1.165, 1.54) is 0 Å². The van der Waals surface area contributed by atoms with E-state index in [0.717, 1.165) is 24.2 Å². The number of hydrogen-bond acceptors (Lipinski definition) is 3. The Morgan fingerprint density at radius 3 is 2.35 bits per heavy atom. The van der Waals surface area contributed by atoms with Crippen molar-refractivity contribution in [2.45, 2.75) is 38.4 Å². The van der Waals surface area contributed by atoms with Gasteiger partial charge in [0.25, 0.3) is 0 Å². The maximum Gasteiger partial charge on any atom is 0.119 e. The van der Waals surface area contributed by atoms with Crippen molar-refractivity contribution in [3.05, 3.63) is 29.8 Å². The Hall–Kier alpha value is -1.06. The van der Waals surface area contributed by atoms with Crippen LogP contribution < -0.4 is 4.74 Å². The smallest absolute Gasteiger partial charge is 0.119 e. The van der Waals surface area contributed by atoms with Crippen LogP contribution in [-0.2, 0) is 4.74 Å². The van der Waals surface area contributed by atoms with Gasteiger partial charge in [-0.15, -0.1) is 0 Å². The van der Waals surface area contributed by atoms with Gasteiger partial charge in [0.1, 0.15) is 11.9 Å². The Morgan fingerprint density at radius 1 is 1.24 bits per heavy atom. The fourth-order valence-electron chi connectivity index (χ4n) is 2.15. The summed E-state index contributed by atoms with van der Waals surface area (Å²) in [6.07, 6.45) is 0.883. The molecule has 1 rings (SSSR count). The van der Waals surface area contributed by atoms with Gasteiger partial charge in [-0.3, -0.25) is 0 Å². The van der Waals surface area contributed by atoms with Gasteiger partial charge in [0.2, 0.25) is 0 Å². The van der Waals surface area contributed by atoms with Crippen molar-refractivity contribution in [3.63, 3.8) is 0 Å². The van der Waals surface area contributed by atoms with Crippen LogP contribution in [0.2, 0.25) is 0 Å². The molecule has 0 amide bonds. The molecule has 3 heteroatoms. The van der Waals surface area contributed by atoms with Crippen LogP contribution in [0.3, 0.4) is 0 Å². The van der Waals surface area contributed by atoms with Gasteiger partial charge in [-0.25, -0.2) is 0 Å². The van der Waals surface area contributed by atoms with E-state index in [1.807, 2.05) is 38.1 Å². The highest BCUT2D eigenvalue weighted by Gasteiger charge is 2.35. The fraction of sp³-hybridized carbons (Fsp3) is 0.571. The summed E-state index contributed by atoms with van der Waals surface area (Å²) < 4.78 is 10.7. The predicted octanol–water partition coefficient (Wildman–Crippen LogP) is 2.93. The first-order valence-electron chi connectivity index (χ1n) is 6.00. The van der Waals surface area contributed by atoms with Crippen LogP contribution in [0, 0.1) is 0 Å². The first-order valence-corrected chi connectivity index (χ1v) is 6.00. The number of aliphatic hydroxyl groups is 1. The Kier molecular flexibility index (Phi) is 4.97. The van der Waals surface area contributed by atoms with Gasteiger partial charge in [-0.05, 0) is 30.5 Å². The third-order valence-electron chi connectivity index (χ3n) is 3.51. The Morgan fingerprint density at radius 2 is 1.88 bits per heavy atom. The van der Waals surface area contributed by atoms with E-state index < -0.39 is 11.7 Å². The summed E-state index contributed by atoms with van der Waals surface area (Å²) in [5.41, 5.74) is 0.307. The molecule has 1 aromatic rings. The number of ether oxygens (including phenoxy) is 2. The normalized spacial score (nSPS) is 13.5. The van der Waals surface area contributed by atoms with Gasteiger partial charge in [0.05, 0.1) is 12.7 Å². The first-order chi connectivity index (χ1) is 8.13. The predicted molar refractivity (Wildman–Crippen MR) is 68.3 cm³/mol. The van der Waals surface area contributed by atoms with E-state index in [4.69, 9.17) is 9.47 Å². The quantitative estimate of drug-likeness (QED) is 0.828. The zero-order valence-electron chi connectivity index (χ0n) is 11.1. The fourth-order valence-corrected chi connectivity index (χ4v) is 2.15. The summed E-state index contributed by atoms with van der Waals surface area (Å²) in [4.78, 5) is 0. The molecule has 1 atom stereocenters. The van der Waals surface area contributed by atoms with E-state index in [2.05, 4.69) is 0 Å². The van der Waals surface area contributed by atoms with E-state index in [1.54, 1.807) is 14.2 Å². The summed E-state index contributed by atoms with van der Waals surface area (Å²) in [7, 11) is 3.27. The lowest BCUT2D eigenvalue weighted by molar-refractivity contribution is -0.109. The standard InChI is InChI=1S/C14H22O3/c1-5-14(6-2,17-4)13(15)11-8-7-9-12(10-11)16-3/h7-10,13,15H,5-6H2,1-4H3. The van der Waals surface area contributed by atoms with Crippen molar-refractivity contribution in [1.82, 2.24) is 0 Å². The molecule has 0 aliphatic carbocycles. The summed E-state index contributed by atoms with van der Waals surface area (Å²) >= 11 is 0. The average molecular weight is 238 g/mol. The third kappa shape index (κ3) is 2.79. The molecule has 0 saturated carbocycles. The van der Waals surface area contributed by atoms with Gasteiger partial charge >= 0.3 is 0 Å². The highest BCUT2D eigenvalue weighted by Crippen LogP contribution is 2.35. The zero-order valence-corrected chi connectivity index (χ0v) is 11.1. The van der Waals surface area contributed by atoms with Crippen molar-refractivity contribution in [3.8, 4) is 5.75 Å². The van der Waals surface area contributed by atoms with Crippen molar-refractivity contribution in [2.75, 3.05) is 14.2 Å². The van der Waals surface area contributed by atoms with Gasteiger partial charge < -0.3 is 14.6 Å². The van der Waals surface area contributed by atoms with E-state index >= 15 is 0 Å². The number of benzene rings is 1. The molecule has 17 heavy (non-hydrogen) atoms. The molecule has 1 unspecified atom stereocenters. The average Bonchev–Trinajstić information content (AvgIpc) is 2.41. The Labute approximate surface area is 103 Å². The topological polar surface area (TPSA) is 38.7 Å². The molecule has 0 bridgehead atoms. The molecular formula is C14H22O3. The minimum atomic E-state index is -0.641. The van der Waals surface area contributed by atoms with Crippen LogP contribution in [0.25, 0.3) is 0 Å². The third-order valence-corrected chi connectivity index (χ3v) is 3.51. The van der Waals surface area contributed by atoms with Crippen molar-refractivity contribution in [1.29, 1.82) is 0 Å². The van der Waals surface area contributed by atoms with E-state index in [-0.39, 0.29) is 0 Å². The van der Waals surface area contributed by atoms with Gasteiger partial charge in [-0.1, -0.05) is 26.0 Å². The second-order valence-corrected chi connectivity index (χ2v) is 4.16. The highest BCUT2D eigenvalue weighted by molar-refractivity contribution is 5.31. The van der Waals surface area contributed by atoms with Gasteiger partial charge in [-0.2, -0.15) is 0 Å². The summed E-state index contributed by atoms with van der Waals surface area (Å²) in [5, 5.41) is 10.5. The largest absolute Gasteiger partial charge is 0.497 e. The molecule has 0 radical (unpaired) electrons. The molecule has 0 spiro atoms. The van der Waals surface area contributed by atoms with E-state index in [0.29, 0.717) is 0 Å². The summed E-state index contributed by atoms with van der Waals surface area (Å²) in [6.45, 7) is 4.05. The molecule has 0 saturated heterocycles. The SMILES string of the molecule is CCC(CC)(OC)C(O)c1cccc(OC)c1. The summed E-state index contributed by atoms with van der Waals surface area (Å²) in [5.74, 6) is 0.749. The number of rotatable bonds is 6. The van der Waals surface area contributed by atoms with Crippen LogP contribution in [0.15, 0.2) is 24.3 Å². The Bertz CT molecular complexity index is 337. The van der Waals surface area contributed by atoms with Crippen LogP contribution >= 0.6 is 0 Å². The second kappa shape index (κ2) is 6.03. The lowest BCUT2D eigenvalue weighted by atomic mass is 9.86. The minimum Gasteiger partial charge on any atom is -0.497 e. The highest BCUT2D eigenvalue weighted by atomic mass is 16.5. The zero-order chi connectivity index (χ0) is 12.9. The van der Waals surface area contributed by atoms with Crippen LogP contribution in [-0.4, -0.2) is 24.9 Å². The molecule has 96 valence electrons. The van der Waals surface area contributed by atoms with Crippen LogP contribution in [0.4, 0.5) is 0 Å². The molecular weight excluding hydrogens is 216 g/mol. The molecule has 0 heterocycles. The minimum absolute atomic E-state index is 0.521.